The normalized spacial score (nSPS) is 28.9. The molecule has 1 fully saturated rings. The van der Waals surface area contributed by atoms with E-state index in [1.54, 1.807) is 18.5 Å². The summed E-state index contributed by atoms with van der Waals surface area (Å²) in [7, 11) is 0. The molecular weight excluding hydrogens is 274 g/mol. The fourth-order valence-electron chi connectivity index (χ4n) is 3.01. The number of pyridine rings is 1. The van der Waals surface area contributed by atoms with Crippen LogP contribution in [0.3, 0.4) is 0 Å². The number of rotatable bonds is 2. The molecule has 20 heavy (non-hydrogen) atoms. The van der Waals surface area contributed by atoms with Crippen LogP contribution < -0.4 is 11.1 Å². The molecule has 0 aromatic carbocycles. The van der Waals surface area contributed by atoms with Gasteiger partial charge in [0.1, 0.15) is 0 Å². The van der Waals surface area contributed by atoms with Gasteiger partial charge in [-0.1, -0.05) is 32.4 Å². The van der Waals surface area contributed by atoms with Crippen molar-refractivity contribution in [2.75, 3.05) is 5.32 Å². The molecule has 4 nitrogen and oxygen atoms in total. The van der Waals surface area contributed by atoms with E-state index in [4.69, 9.17) is 17.3 Å². The number of anilines is 1. The molecule has 1 saturated carbocycles. The average molecular weight is 296 g/mol. The van der Waals surface area contributed by atoms with Crippen LogP contribution in [0.4, 0.5) is 5.69 Å². The van der Waals surface area contributed by atoms with Crippen LogP contribution in [0.1, 0.15) is 33.6 Å². The van der Waals surface area contributed by atoms with E-state index in [0.29, 0.717) is 16.6 Å². The van der Waals surface area contributed by atoms with E-state index in [1.165, 1.54) is 0 Å². The van der Waals surface area contributed by atoms with Gasteiger partial charge in [-0.2, -0.15) is 0 Å². The molecule has 1 aliphatic rings. The minimum atomic E-state index is -0.129. The second kappa shape index (κ2) is 5.70. The van der Waals surface area contributed by atoms with E-state index in [0.717, 1.165) is 12.8 Å². The largest absolute Gasteiger partial charge is 0.327 e. The van der Waals surface area contributed by atoms with Crippen molar-refractivity contribution in [1.82, 2.24) is 4.98 Å². The highest BCUT2D eigenvalue weighted by Crippen LogP contribution is 2.44. The van der Waals surface area contributed by atoms with Crippen molar-refractivity contribution in [3.8, 4) is 0 Å². The quantitative estimate of drug-likeness (QED) is 0.881. The number of nitrogens with two attached hydrogens (primary N) is 1. The lowest BCUT2D eigenvalue weighted by Crippen LogP contribution is -2.50. The van der Waals surface area contributed by atoms with Gasteiger partial charge >= 0.3 is 0 Å². The smallest absolute Gasteiger partial charge is 0.228 e. The van der Waals surface area contributed by atoms with Gasteiger partial charge in [0, 0.05) is 18.2 Å². The number of nitrogens with zero attached hydrogens (tertiary/aromatic N) is 1. The number of halogens is 1. The fourth-order valence-corrected chi connectivity index (χ4v) is 3.16. The first-order chi connectivity index (χ1) is 9.34. The van der Waals surface area contributed by atoms with E-state index >= 15 is 0 Å². The van der Waals surface area contributed by atoms with Crippen LogP contribution in [-0.2, 0) is 4.79 Å². The molecule has 0 radical (unpaired) electrons. The molecule has 110 valence electrons. The molecule has 1 aliphatic carbocycles. The number of nitrogens with one attached hydrogen (secondary N) is 1. The van der Waals surface area contributed by atoms with Crippen LogP contribution in [0, 0.1) is 17.3 Å². The molecule has 2 rings (SSSR count). The first-order valence-corrected chi connectivity index (χ1v) is 7.37. The van der Waals surface area contributed by atoms with Crippen molar-refractivity contribution in [2.24, 2.45) is 23.0 Å². The third-order valence-corrected chi connectivity index (χ3v) is 5.17. The molecule has 1 heterocycles. The van der Waals surface area contributed by atoms with Gasteiger partial charge in [-0.3, -0.25) is 9.78 Å². The zero-order chi connectivity index (χ0) is 14.9. The average Bonchev–Trinajstić information content (AvgIpc) is 2.38. The molecule has 5 heteroatoms. The molecule has 0 spiro atoms. The lowest BCUT2D eigenvalue weighted by Gasteiger charge is -2.46. The second-order valence-electron chi connectivity index (χ2n) is 6.25. The van der Waals surface area contributed by atoms with Crippen LogP contribution in [-0.4, -0.2) is 16.9 Å². The van der Waals surface area contributed by atoms with Crippen LogP contribution in [0.15, 0.2) is 18.5 Å². The predicted molar refractivity (Wildman–Crippen MR) is 81.5 cm³/mol. The number of hydrogen-bond donors (Lipinski definition) is 2. The number of aromatic nitrogens is 1. The van der Waals surface area contributed by atoms with Crippen molar-refractivity contribution in [2.45, 2.75) is 39.7 Å². The molecular formula is C15H22ClN3O. The summed E-state index contributed by atoms with van der Waals surface area (Å²) in [5.74, 6) is 0.244. The number of amides is 1. The van der Waals surface area contributed by atoms with E-state index < -0.39 is 0 Å². The number of carbonyl (C=O) groups excluding carboxylic acids is 1. The van der Waals surface area contributed by atoms with E-state index in [-0.39, 0.29) is 23.3 Å². The standard InChI is InChI=1S/C15H22ClN3O/c1-9-12(17)5-4-10(15(9,2)3)14(20)19-13-8-18-7-6-11(13)16/h6-10,12H,4-5,17H2,1-3H3,(H,19,20). The Morgan fingerprint density at radius 1 is 1.50 bits per heavy atom. The molecule has 1 amide bonds. The highest BCUT2D eigenvalue weighted by molar-refractivity contribution is 6.33. The van der Waals surface area contributed by atoms with E-state index in [9.17, 15) is 4.79 Å². The number of carbonyl (C=O) groups is 1. The second-order valence-corrected chi connectivity index (χ2v) is 6.66. The molecule has 0 saturated heterocycles. The SMILES string of the molecule is CC1C(N)CCC(C(=O)Nc2cnccc2Cl)C1(C)C. The van der Waals surface area contributed by atoms with Crippen LogP contribution in [0.5, 0.6) is 0 Å². The first kappa shape index (κ1) is 15.3. The number of hydrogen-bond acceptors (Lipinski definition) is 3. The highest BCUT2D eigenvalue weighted by Gasteiger charge is 2.45. The van der Waals surface area contributed by atoms with E-state index in [2.05, 4.69) is 31.1 Å². The van der Waals surface area contributed by atoms with Crippen molar-refractivity contribution < 1.29 is 4.79 Å². The molecule has 1 aromatic rings. The van der Waals surface area contributed by atoms with Gasteiger partial charge in [-0.05, 0) is 30.2 Å². The van der Waals surface area contributed by atoms with Gasteiger partial charge in [0.15, 0.2) is 0 Å². The Bertz CT molecular complexity index is 504. The zero-order valence-corrected chi connectivity index (χ0v) is 12.9. The van der Waals surface area contributed by atoms with Gasteiger partial charge < -0.3 is 11.1 Å². The van der Waals surface area contributed by atoms with Crippen molar-refractivity contribution in [3.63, 3.8) is 0 Å². The minimum Gasteiger partial charge on any atom is -0.327 e. The topological polar surface area (TPSA) is 68.0 Å². The van der Waals surface area contributed by atoms with Crippen LogP contribution >= 0.6 is 11.6 Å². The van der Waals surface area contributed by atoms with Crippen LogP contribution in [0.25, 0.3) is 0 Å². The molecule has 3 atom stereocenters. The van der Waals surface area contributed by atoms with Crippen molar-refractivity contribution in [3.05, 3.63) is 23.5 Å². The Balaban J connectivity index is 2.15. The van der Waals surface area contributed by atoms with E-state index in [1.807, 2.05) is 0 Å². The summed E-state index contributed by atoms with van der Waals surface area (Å²) in [6.45, 7) is 6.36. The third-order valence-electron chi connectivity index (χ3n) is 4.84. The van der Waals surface area contributed by atoms with Crippen LogP contribution in [0.2, 0.25) is 5.02 Å². The highest BCUT2D eigenvalue weighted by atomic mass is 35.5. The summed E-state index contributed by atoms with van der Waals surface area (Å²) in [6.07, 6.45) is 4.86. The third kappa shape index (κ3) is 2.81. The predicted octanol–water partition coefficient (Wildman–Crippen LogP) is 3.07. The molecule has 1 aromatic heterocycles. The Labute approximate surface area is 125 Å². The zero-order valence-electron chi connectivity index (χ0n) is 12.2. The van der Waals surface area contributed by atoms with Crippen molar-refractivity contribution >= 4 is 23.2 Å². The molecule has 0 bridgehead atoms. The first-order valence-electron chi connectivity index (χ1n) is 7.00. The Morgan fingerprint density at radius 2 is 2.20 bits per heavy atom. The summed E-state index contributed by atoms with van der Waals surface area (Å²) >= 11 is 6.06. The molecule has 3 N–H and O–H groups in total. The fraction of sp³-hybridized carbons (Fsp3) is 0.600. The van der Waals surface area contributed by atoms with Gasteiger partial charge in [0.05, 0.1) is 16.9 Å². The Morgan fingerprint density at radius 3 is 2.85 bits per heavy atom. The Kier molecular flexibility index (Phi) is 4.35. The van der Waals surface area contributed by atoms with Crippen molar-refractivity contribution in [1.29, 1.82) is 0 Å². The maximum atomic E-state index is 12.5. The summed E-state index contributed by atoms with van der Waals surface area (Å²) in [5, 5.41) is 3.40. The lowest BCUT2D eigenvalue weighted by molar-refractivity contribution is -0.127. The lowest BCUT2D eigenvalue weighted by atomic mass is 9.61. The molecule has 3 unspecified atom stereocenters. The summed E-state index contributed by atoms with van der Waals surface area (Å²) in [6, 6.07) is 1.83. The van der Waals surface area contributed by atoms with Gasteiger partial charge in [-0.25, -0.2) is 0 Å². The van der Waals surface area contributed by atoms with Gasteiger partial charge in [-0.15, -0.1) is 0 Å². The minimum absolute atomic E-state index is 0.00338. The summed E-state index contributed by atoms with van der Waals surface area (Å²) < 4.78 is 0. The maximum absolute atomic E-state index is 12.5. The van der Waals surface area contributed by atoms with Gasteiger partial charge in [0.2, 0.25) is 5.91 Å². The maximum Gasteiger partial charge on any atom is 0.228 e. The van der Waals surface area contributed by atoms with Gasteiger partial charge in [0.25, 0.3) is 0 Å². The Hall–Kier alpha value is -1.13. The monoisotopic (exact) mass is 295 g/mol. The summed E-state index contributed by atoms with van der Waals surface area (Å²) in [4.78, 5) is 16.5. The summed E-state index contributed by atoms with van der Waals surface area (Å²) in [5.41, 5.74) is 6.57. The molecule has 0 aliphatic heterocycles.